The van der Waals surface area contributed by atoms with Crippen LogP contribution in [0.4, 0.5) is 5.69 Å². The Kier molecular flexibility index (Phi) is 6.20. The summed E-state index contributed by atoms with van der Waals surface area (Å²) < 4.78 is 11.0. The number of hydrogen-bond donors (Lipinski definition) is 2. The first-order valence-electron chi connectivity index (χ1n) is 8.48. The summed E-state index contributed by atoms with van der Waals surface area (Å²) in [5, 5.41) is 11.5. The first-order valence-corrected chi connectivity index (χ1v) is 8.48. The molecule has 2 N–H and O–H groups in total. The van der Waals surface area contributed by atoms with Crippen LogP contribution in [0.3, 0.4) is 0 Å². The number of nitrogens with one attached hydrogen (secondary N) is 1. The van der Waals surface area contributed by atoms with Crippen LogP contribution in [-0.2, 0) is 11.4 Å². The first kappa shape index (κ1) is 18.9. The third-order valence-corrected chi connectivity index (χ3v) is 3.71. The maximum absolute atomic E-state index is 12.6. The second-order valence-corrected chi connectivity index (χ2v) is 5.81. The highest BCUT2D eigenvalue weighted by Gasteiger charge is 2.13. The lowest BCUT2D eigenvalue weighted by atomic mass is 10.1. The number of nitrogens with zero attached hydrogens (tertiary/aromatic N) is 1. The van der Waals surface area contributed by atoms with E-state index in [0.29, 0.717) is 22.7 Å². The lowest BCUT2D eigenvalue weighted by Gasteiger charge is -2.12. The molecule has 3 rings (SSSR count). The highest BCUT2D eigenvalue weighted by molar-refractivity contribution is 6.06. The molecule has 1 heterocycles. The van der Waals surface area contributed by atoms with E-state index >= 15 is 0 Å². The molecule has 0 atom stereocenters. The van der Waals surface area contributed by atoms with E-state index in [1.807, 2.05) is 6.07 Å². The number of rotatable bonds is 8. The van der Waals surface area contributed by atoms with Crippen LogP contribution in [0.1, 0.15) is 15.9 Å². The minimum absolute atomic E-state index is 0.196. The Balaban J connectivity index is 1.67. The zero-order chi connectivity index (χ0) is 19.8. The van der Waals surface area contributed by atoms with E-state index < -0.39 is 12.6 Å². The van der Waals surface area contributed by atoms with Crippen LogP contribution in [0.25, 0.3) is 0 Å². The van der Waals surface area contributed by atoms with Gasteiger partial charge in [-0.05, 0) is 42.0 Å². The summed E-state index contributed by atoms with van der Waals surface area (Å²) in [4.78, 5) is 27.1. The van der Waals surface area contributed by atoms with Crippen LogP contribution < -0.4 is 14.8 Å². The van der Waals surface area contributed by atoms with Crippen LogP contribution in [0, 0.1) is 0 Å². The predicted octanol–water partition coefficient (Wildman–Crippen LogP) is 3.38. The number of carboxylic acid groups (broad SMARTS) is 1. The number of aromatic nitrogens is 1. The van der Waals surface area contributed by atoms with E-state index in [4.69, 9.17) is 14.6 Å². The van der Waals surface area contributed by atoms with Crippen molar-refractivity contribution in [3.8, 4) is 11.5 Å². The first-order chi connectivity index (χ1) is 13.6. The Morgan fingerprint density at radius 2 is 1.86 bits per heavy atom. The lowest BCUT2D eigenvalue weighted by molar-refractivity contribution is -0.139. The zero-order valence-electron chi connectivity index (χ0n) is 14.9. The second kappa shape index (κ2) is 9.18. The maximum Gasteiger partial charge on any atom is 0.341 e. The molecule has 1 aromatic heterocycles. The van der Waals surface area contributed by atoms with Crippen molar-refractivity contribution in [1.29, 1.82) is 0 Å². The molecule has 0 aliphatic carbocycles. The van der Waals surface area contributed by atoms with Gasteiger partial charge in [0.25, 0.3) is 5.91 Å². The molecule has 0 aliphatic rings. The van der Waals surface area contributed by atoms with Gasteiger partial charge in [-0.1, -0.05) is 24.3 Å². The molecule has 7 nitrogen and oxygen atoms in total. The van der Waals surface area contributed by atoms with Crippen LogP contribution in [0.15, 0.2) is 73.1 Å². The molecule has 3 aromatic rings. The molecule has 0 fully saturated rings. The lowest BCUT2D eigenvalue weighted by Crippen LogP contribution is -2.13. The quantitative estimate of drug-likeness (QED) is 0.624. The third-order valence-electron chi connectivity index (χ3n) is 3.71. The summed E-state index contributed by atoms with van der Waals surface area (Å²) in [5.41, 5.74) is 1.76. The molecular weight excluding hydrogens is 360 g/mol. The van der Waals surface area contributed by atoms with E-state index in [0.717, 1.165) is 5.56 Å². The average Bonchev–Trinajstić information content (AvgIpc) is 2.72. The minimum atomic E-state index is -1.05. The van der Waals surface area contributed by atoms with Crippen LogP contribution in [-0.4, -0.2) is 28.6 Å². The fraction of sp³-hybridized carbons (Fsp3) is 0.0952. The number of amides is 1. The van der Waals surface area contributed by atoms with Gasteiger partial charge in [0.2, 0.25) is 0 Å². The van der Waals surface area contributed by atoms with Crippen molar-refractivity contribution in [2.24, 2.45) is 0 Å². The van der Waals surface area contributed by atoms with E-state index in [1.54, 1.807) is 67.0 Å². The predicted molar refractivity (Wildman–Crippen MR) is 103 cm³/mol. The molecule has 142 valence electrons. The van der Waals surface area contributed by atoms with Gasteiger partial charge in [0.05, 0.1) is 17.4 Å². The number of benzene rings is 2. The number of carbonyl (C=O) groups is 2. The normalized spacial score (nSPS) is 10.1. The topological polar surface area (TPSA) is 97.8 Å². The van der Waals surface area contributed by atoms with Gasteiger partial charge in [0, 0.05) is 6.20 Å². The van der Waals surface area contributed by atoms with E-state index in [-0.39, 0.29) is 12.5 Å². The van der Waals surface area contributed by atoms with Crippen molar-refractivity contribution < 1.29 is 24.2 Å². The number of para-hydroxylation sites is 1. The molecule has 7 heteroatoms. The number of pyridine rings is 1. The van der Waals surface area contributed by atoms with Gasteiger partial charge in [0.1, 0.15) is 18.1 Å². The number of anilines is 1. The molecule has 0 unspecified atom stereocenters. The third kappa shape index (κ3) is 5.31. The van der Waals surface area contributed by atoms with E-state index in [9.17, 15) is 9.59 Å². The van der Waals surface area contributed by atoms with Crippen molar-refractivity contribution in [2.75, 3.05) is 11.9 Å². The molecule has 0 saturated heterocycles. The highest BCUT2D eigenvalue weighted by atomic mass is 16.5. The molecule has 0 aliphatic heterocycles. The van der Waals surface area contributed by atoms with E-state index in [1.165, 1.54) is 0 Å². The molecule has 0 bridgehead atoms. The van der Waals surface area contributed by atoms with Crippen molar-refractivity contribution in [3.63, 3.8) is 0 Å². The van der Waals surface area contributed by atoms with Crippen LogP contribution in [0.5, 0.6) is 11.5 Å². The van der Waals surface area contributed by atoms with Crippen molar-refractivity contribution in [1.82, 2.24) is 4.98 Å². The number of ether oxygens (including phenoxy) is 2. The van der Waals surface area contributed by atoms with Gasteiger partial charge in [0.15, 0.2) is 6.61 Å². The van der Waals surface area contributed by atoms with E-state index in [2.05, 4.69) is 10.3 Å². The molecule has 2 aromatic carbocycles. The monoisotopic (exact) mass is 378 g/mol. The summed E-state index contributed by atoms with van der Waals surface area (Å²) >= 11 is 0. The number of carbonyl (C=O) groups excluding carboxylic acids is 1. The minimum Gasteiger partial charge on any atom is -0.488 e. The van der Waals surface area contributed by atoms with Gasteiger partial charge in [-0.2, -0.15) is 0 Å². The standard InChI is InChI=1S/C21H18N2O5/c24-20(25)14-27-17-7-3-5-15(11-17)13-28-19-9-2-1-8-18(19)21(26)23-16-6-4-10-22-12-16/h1-12H,13-14H2,(H,23,26)(H,24,25). The number of aliphatic carboxylic acids is 1. The average molecular weight is 378 g/mol. The number of hydrogen-bond acceptors (Lipinski definition) is 5. The van der Waals surface area contributed by atoms with Crippen molar-refractivity contribution in [3.05, 3.63) is 84.2 Å². The Hall–Kier alpha value is -3.87. The van der Waals surface area contributed by atoms with Gasteiger partial charge in [-0.3, -0.25) is 9.78 Å². The Bertz CT molecular complexity index is 960. The largest absolute Gasteiger partial charge is 0.488 e. The highest BCUT2D eigenvalue weighted by Crippen LogP contribution is 2.22. The smallest absolute Gasteiger partial charge is 0.341 e. The second-order valence-electron chi connectivity index (χ2n) is 5.81. The zero-order valence-corrected chi connectivity index (χ0v) is 14.9. The fourth-order valence-electron chi connectivity index (χ4n) is 2.45. The van der Waals surface area contributed by atoms with Gasteiger partial charge in [-0.25, -0.2) is 4.79 Å². The van der Waals surface area contributed by atoms with Crippen LogP contribution >= 0.6 is 0 Å². The maximum atomic E-state index is 12.6. The number of carboxylic acids is 1. The molecule has 1 amide bonds. The van der Waals surface area contributed by atoms with Crippen LogP contribution in [0.2, 0.25) is 0 Å². The molecule has 0 radical (unpaired) electrons. The summed E-state index contributed by atoms with van der Waals surface area (Å²) in [7, 11) is 0. The van der Waals surface area contributed by atoms with Crippen molar-refractivity contribution in [2.45, 2.75) is 6.61 Å². The Labute approximate surface area is 161 Å². The summed E-state index contributed by atoms with van der Waals surface area (Å²) in [6.07, 6.45) is 3.19. The summed E-state index contributed by atoms with van der Waals surface area (Å²) in [5.74, 6) is -0.482. The molecule has 0 spiro atoms. The summed E-state index contributed by atoms with van der Waals surface area (Å²) in [6.45, 7) is -0.219. The van der Waals surface area contributed by atoms with Gasteiger partial charge >= 0.3 is 5.97 Å². The summed E-state index contributed by atoms with van der Waals surface area (Å²) in [6, 6.07) is 17.3. The molecular formula is C21H18N2O5. The SMILES string of the molecule is O=C(O)COc1cccc(COc2ccccc2C(=O)Nc2cccnc2)c1. The Morgan fingerprint density at radius 1 is 1.00 bits per heavy atom. The fourth-order valence-corrected chi connectivity index (χ4v) is 2.45. The molecule has 0 saturated carbocycles. The molecule has 28 heavy (non-hydrogen) atoms. The Morgan fingerprint density at radius 3 is 2.64 bits per heavy atom. The van der Waals surface area contributed by atoms with Crippen molar-refractivity contribution >= 4 is 17.6 Å². The van der Waals surface area contributed by atoms with Gasteiger partial charge < -0.3 is 19.9 Å². The van der Waals surface area contributed by atoms with Gasteiger partial charge in [-0.15, -0.1) is 0 Å².